The normalized spacial score (nSPS) is 12.9. The van der Waals surface area contributed by atoms with Gasteiger partial charge in [-0.05, 0) is 24.6 Å². The zero-order valence-electron chi connectivity index (χ0n) is 11.2. The van der Waals surface area contributed by atoms with Crippen molar-refractivity contribution in [2.75, 3.05) is 18.8 Å². The average Bonchev–Trinajstić information content (AvgIpc) is 2.38. The summed E-state index contributed by atoms with van der Waals surface area (Å²) in [7, 11) is -3.18. The highest BCUT2D eigenvalue weighted by Gasteiger charge is 2.10. The molecule has 1 aromatic rings. The predicted molar refractivity (Wildman–Crippen MR) is 75.0 cm³/mol. The van der Waals surface area contributed by atoms with E-state index in [1.165, 1.54) is 0 Å². The Bertz CT molecular complexity index is 532. The summed E-state index contributed by atoms with van der Waals surface area (Å²) in [6, 6.07) is 9.35. The van der Waals surface area contributed by atoms with Gasteiger partial charge in [-0.3, -0.25) is 0 Å². The molecule has 0 saturated heterocycles. The molecule has 104 valence electrons. The van der Waals surface area contributed by atoms with E-state index in [1.54, 1.807) is 19.1 Å². The highest BCUT2D eigenvalue weighted by atomic mass is 32.2. The number of nitrogens with zero attached hydrogens (tertiary/aromatic N) is 1. The van der Waals surface area contributed by atoms with Crippen LogP contribution in [0.3, 0.4) is 0 Å². The lowest BCUT2D eigenvalue weighted by molar-refractivity contribution is 0.564. The Morgan fingerprint density at radius 1 is 1.32 bits per heavy atom. The molecule has 1 atom stereocenters. The number of nitriles is 1. The van der Waals surface area contributed by atoms with Crippen molar-refractivity contribution >= 4 is 10.0 Å². The van der Waals surface area contributed by atoms with Gasteiger partial charge in [-0.15, -0.1) is 0 Å². The summed E-state index contributed by atoms with van der Waals surface area (Å²) in [5.74, 6) is 0.0570. The first-order valence-electron chi connectivity index (χ1n) is 6.19. The van der Waals surface area contributed by atoms with Gasteiger partial charge in [0, 0.05) is 19.1 Å². The van der Waals surface area contributed by atoms with Gasteiger partial charge in [-0.25, -0.2) is 13.1 Å². The van der Waals surface area contributed by atoms with E-state index in [0.29, 0.717) is 18.7 Å². The van der Waals surface area contributed by atoms with E-state index in [1.807, 2.05) is 19.1 Å². The number of nitrogens with one attached hydrogen (secondary N) is 2. The third-order valence-corrected chi connectivity index (χ3v) is 4.20. The molecule has 0 aliphatic heterocycles. The van der Waals surface area contributed by atoms with Gasteiger partial charge in [0.2, 0.25) is 10.0 Å². The molecule has 0 amide bonds. The molecule has 0 bridgehead atoms. The molecule has 0 fully saturated rings. The van der Waals surface area contributed by atoms with E-state index in [-0.39, 0.29) is 11.8 Å². The summed E-state index contributed by atoms with van der Waals surface area (Å²) in [5.41, 5.74) is 1.64. The van der Waals surface area contributed by atoms with Gasteiger partial charge in [0.05, 0.1) is 17.4 Å². The minimum absolute atomic E-state index is 0.0459. The topological polar surface area (TPSA) is 82.0 Å². The van der Waals surface area contributed by atoms with E-state index < -0.39 is 10.0 Å². The third kappa shape index (κ3) is 5.39. The van der Waals surface area contributed by atoms with Crippen molar-refractivity contribution in [2.24, 2.45) is 0 Å². The Balaban J connectivity index is 2.47. The highest BCUT2D eigenvalue weighted by Crippen LogP contribution is 2.12. The average molecular weight is 281 g/mol. The van der Waals surface area contributed by atoms with E-state index in [0.717, 1.165) is 5.56 Å². The molecule has 0 aromatic heterocycles. The Kier molecular flexibility index (Phi) is 5.96. The monoisotopic (exact) mass is 281 g/mol. The summed E-state index contributed by atoms with van der Waals surface area (Å²) >= 11 is 0. The van der Waals surface area contributed by atoms with Crippen molar-refractivity contribution in [3.05, 3.63) is 35.4 Å². The lowest BCUT2D eigenvalue weighted by Crippen LogP contribution is -2.32. The first-order valence-corrected chi connectivity index (χ1v) is 7.84. The van der Waals surface area contributed by atoms with E-state index >= 15 is 0 Å². The zero-order chi connectivity index (χ0) is 14.3. The highest BCUT2D eigenvalue weighted by molar-refractivity contribution is 7.89. The second-order valence-electron chi connectivity index (χ2n) is 4.23. The molecule has 1 rings (SSSR count). The maximum atomic E-state index is 11.4. The zero-order valence-corrected chi connectivity index (χ0v) is 12.0. The lowest BCUT2D eigenvalue weighted by Gasteiger charge is -2.14. The Labute approximate surface area is 114 Å². The van der Waals surface area contributed by atoms with Crippen LogP contribution in [0, 0.1) is 11.3 Å². The minimum Gasteiger partial charge on any atom is -0.309 e. The first kappa shape index (κ1) is 15.6. The summed E-state index contributed by atoms with van der Waals surface area (Å²) in [6.45, 7) is 4.51. The maximum absolute atomic E-state index is 11.4. The summed E-state index contributed by atoms with van der Waals surface area (Å²) < 4.78 is 25.3. The lowest BCUT2D eigenvalue weighted by atomic mass is 10.1. The predicted octanol–water partition coefficient (Wildman–Crippen LogP) is 1.15. The molecule has 6 heteroatoms. The van der Waals surface area contributed by atoms with Crippen LogP contribution in [0.15, 0.2) is 24.3 Å². The maximum Gasteiger partial charge on any atom is 0.212 e. The van der Waals surface area contributed by atoms with Crippen LogP contribution < -0.4 is 10.0 Å². The second-order valence-corrected chi connectivity index (χ2v) is 6.15. The molecule has 0 aliphatic carbocycles. The van der Waals surface area contributed by atoms with E-state index in [4.69, 9.17) is 5.26 Å². The molecule has 1 aromatic carbocycles. The smallest absolute Gasteiger partial charge is 0.212 e. The van der Waals surface area contributed by atoms with E-state index in [2.05, 4.69) is 16.1 Å². The third-order valence-electron chi connectivity index (χ3n) is 2.73. The van der Waals surface area contributed by atoms with Crippen molar-refractivity contribution < 1.29 is 8.42 Å². The van der Waals surface area contributed by atoms with Gasteiger partial charge in [0.15, 0.2) is 0 Å². The van der Waals surface area contributed by atoms with Crippen LogP contribution in [0.2, 0.25) is 0 Å². The SMILES string of the molecule is CCNS(=O)(=O)CCNC(C)c1ccc(C#N)cc1. The van der Waals surface area contributed by atoms with Gasteiger partial charge >= 0.3 is 0 Å². The van der Waals surface area contributed by atoms with Crippen LogP contribution in [-0.2, 0) is 10.0 Å². The van der Waals surface area contributed by atoms with Crippen molar-refractivity contribution in [3.63, 3.8) is 0 Å². The van der Waals surface area contributed by atoms with E-state index in [9.17, 15) is 8.42 Å². The van der Waals surface area contributed by atoms with Crippen LogP contribution in [-0.4, -0.2) is 27.3 Å². The number of benzene rings is 1. The quantitative estimate of drug-likeness (QED) is 0.785. The van der Waals surface area contributed by atoms with Gasteiger partial charge < -0.3 is 5.32 Å². The number of sulfonamides is 1. The fourth-order valence-corrected chi connectivity index (χ4v) is 2.64. The van der Waals surface area contributed by atoms with Crippen molar-refractivity contribution in [2.45, 2.75) is 19.9 Å². The van der Waals surface area contributed by atoms with Crippen LogP contribution >= 0.6 is 0 Å². The van der Waals surface area contributed by atoms with Crippen LogP contribution in [0.4, 0.5) is 0 Å². The molecule has 0 aliphatic rings. The Morgan fingerprint density at radius 2 is 1.95 bits per heavy atom. The molecule has 1 unspecified atom stereocenters. The van der Waals surface area contributed by atoms with Gasteiger partial charge in [0.25, 0.3) is 0 Å². The van der Waals surface area contributed by atoms with Gasteiger partial charge in [-0.2, -0.15) is 5.26 Å². The van der Waals surface area contributed by atoms with Crippen LogP contribution in [0.25, 0.3) is 0 Å². The molecule has 0 radical (unpaired) electrons. The molecule has 0 heterocycles. The Morgan fingerprint density at radius 3 is 2.47 bits per heavy atom. The fraction of sp³-hybridized carbons (Fsp3) is 0.462. The number of rotatable bonds is 7. The van der Waals surface area contributed by atoms with Crippen molar-refractivity contribution in [1.29, 1.82) is 5.26 Å². The fourth-order valence-electron chi connectivity index (χ4n) is 1.67. The minimum atomic E-state index is -3.18. The molecule has 5 nitrogen and oxygen atoms in total. The molecular weight excluding hydrogens is 262 g/mol. The molecule has 2 N–H and O–H groups in total. The summed E-state index contributed by atoms with van der Waals surface area (Å²) in [4.78, 5) is 0. The van der Waals surface area contributed by atoms with Crippen molar-refractivity contribution in [3.8, 4) is 6.07 Å². The summed E-state index contributed by atoms with van der Waals surface area (Å²) in [6.07, 6.45) is 0. The second kappa shape index (κ2) is 7.24. The summed E-state index contributed by atoms with van der Waals surface area (Å²) in [5, 5.41) is 11.9. The number of hydrogen-bond donors (Lipinski definition) is 2. The molecule has 0 saturated carbocycles. The van der Waals surface area contributed by atoms with Gasteiger partial charge in [0.1, 0.15) is 0 Å². The van der Waals surface area contributed by atoms with Crippen LogP contribution in [0.1, 0.15) is 31.0 Å². The van der Waals surface area contributed by atoms with Crippen molar-refractivity contribution in [1.82, 2.24) is 10.0 Å². The van der Waals surface area contributed by atoms with Crippen LogP contribution in [0.5, 0.6) is 0 Å². The first-order chi connectivity index (χ1) is 8.98. The Hall–Kier alpha value is -1.42. The largest absolute Gasteiger partial charge is 0.309 e. The molecule has 19 heavy (non-hydrogen) atoms. The molecule has 0 spiro atoms. The van der Waals surface area contributed by atoms with Gasteiger partial charge in [-0.1, -0.05) is 19.1 Å². The number of hydrogen-bond acceptors (Lipinski definition) is 4. The standard InChI is InChI=1S/C13H19N3O2S/c1-3-16-19(17,18)9-8-15-11(2)13-6-4-12(10-14)5-7-13/h4-7,11,15-16H,3,8-9H2,1-2H3. The molecular formula is C13H19N3O2S.